The van der Waals surface area contributed by atoms with E-state index in [0.29, 0.717) is 23.9 Å². The Bertz CT molecular complexity index is 1020. The highest BCUT2D eigenvalue weighted by Gasteiger charge is 2.27. The number of carbonyl (C=O) groups excluding carboxylic acids is 1. The molecule has 1 saturated heterocycles. The van der Waals surface area contributed by atoms with E-state index in [2.05, 4.69) is 33.5 Å². The Morgan fingerprint density at radius 3 is 2.47 bits per heavy atom. The van der Waals surface area contributed by atoms with Gasteiger partial charge in [0.2, 0.25) is 5.95 Å². The van der Waals surface area contributed by atoms with Crippen LogP contribution >= 0.6 is 11.8 Å². The maximum Gasteiger partial charge on any atom is 0.253 e. The van der Waals surface area contributed by atoms with Gasteiger partial charge in [0.15, 0.2) is 5.16 Å². The third-order valence-corrected chi connectivity index (χ3v) is 6.76. The zero-order valence-corrected chi connectivity index (χ0v) is 20.0. The van der Waals surface area contributed by atoms with Gasteiger partial charge < -0.3 is 14.2 Å². The number of hydrogen-bond donors (Lipinski definition) is 0. The van der Waals surface area contributed by atoms with Crippen molar-refractivity contribution in [1.29, 1.82) is 0 Å². The molecule has 2 aromatic heterocycles. The molecule has 0 aliphatic carbocycles. The van der Waals surface area contributed by atoms with Gasteiger partial charge in [-0.25, -0.2) is 0 Å². The second-order valence-corrected chi connectivity index (χ2v) is 9.93. The van der Waals surface area contributed by atoms with E-state index in [0.717, 1.165) is 41.3 Å². The summed E-state index contributed by atoms with van der Waals surface area (Å²) < 4.78 is 7.79. The van der Waals surface area contributed by atoms with Crippen LogP contribution in [-0.4, -0.2) is 52.8 Å². The number of thioether (sulfide) groups is 1. The smallest absolute Gasteiger partial charge is 0.253 e. The Morgan fingerprint density at radius 2 is 1.84 bits per heavy atom. The molecule has 7 nitrogen and oxygen atoms in total. The Hall–Kier alpha value is -2.74. The molecule has 2 atom stereocenters. The summed E-state index contributed by atoms with van der Waals surface area (Å²) in [7, 11) is 3.53. The molecule has 1 aliphatic rings. The van der Waals surface area contributed by atoms with Gasteiger partial charge in [-0.05, 0) is 48.1 Å². The maximum atomic E-state index is 12.1. The first kappa shape index (κ1) is 22.5. The number of piperidine rings is 1. The van der Waals surface area contributed by atoms with E-state index in [1.807, 2.05) is 36.4 Å². The first-order valence-corrected chi connectivity index (χ1v) is 12.0. The molecule has 170 valence electrons. The van der Waals surface area contributed by atoms with Crippen LogP contribution < -0.4 is 4.90 Å². The fourth-order valence-corrected chi connectivity index (χ4v) is 5.18. The molecular weight excluding hydrogens is 422 g/mol. The lowest BCUT2D eigenvalue weighted by atomic mass is 9.92. The molecule has 1 aromatic carbocycles. The number of nitrogens with zero attached hydrogens (tertiary/aromatic N) is 5. The minimum atomic E-state index is 0.0111. The lowest BCUT2D eigenvalue weighted by molar-refractivity contribution is 0.0827. The predicted molar refractivity (Wildman–Crippen MR) is 127 cm³/mol. The molecule has 4 rings (SSSR count). The largest absolute Gasteiger partial charge is 0.467 e. The van der Waals surface area contributed by atoms with Crippen molar-refractivity contribution in [3.63, 3.8) is 0 Å². The van der Waals surface area contributed by atoms with Crippen LogP contribution in [-0.2, 0) is 12.3 Å². The summed E-state index contributed by atoms with van der Waals surface area (Å²) in [4.78, 5) is 16.1. The molecule has 32 heavy (non-hydrogen) atoms. The van der Waals surface area contributed by atoms with Crippen molar-refractivity contribution in [2.45, 2.75) is 37.7 Å². The van der Waals surface area contributed by atoms with Gasteiger partial charge in [-0.1, -0.05) is 37.7 Å². The van der Waals surface area contributed by atoms with E-state index < -0.39 is 0 Å². The normalized spacial score (nSPS) is 18.7. The summed E-state index contributed by atoms with van der Waals surface area (Å²) in [6, 6.07) is 11.7. The van der Waals surface area contributed by atoms with Crippen molar-refractivity contribution in [3.8, 4) is 0 Å². The van der Waals surface area contributed by atoms with Gasteiger partial charge >= 0.3 is 0 Å². The second kappa shape index (κ2) is 9.81. The van der Waals surface area contributed by atoms with Gasteiger partial charge in [-0.3, -0.25) is 9.36 Å². The molecule has 8 heteroatoms. The molecule has 2 unspecified atom stereocenters. The van der Waals surface area contributed by atoms with Crippen LogP contribution in [0.4, 0.5) is 5.95 Å². The fraction of sp³-hybridized carbons (Fsp3) is 0.458. The number of carbonyl (C=O) groups is 1. The van der Waals surface area contributed by atoms with E-state index in [4.69, 9.17) is 4.42 Å². The van der Waals surface area contributed by atoms with Crippen molar-refractivity contribution in [3.05, 3.63) is 59.5 Å². The van der Waals surface area contributed by atoms with Crippen LogP contribution in [0, 0.1) is 11.8 Å². The lowest BCUT2D eigenvalue weighted by Gasteiger charge is -2.35. The standard InChI is InChI=1S/C24H31N5O2S/c1-17-12-18(2)14-28(13-17)23-25-26-24(29(23)15-21-6-5-11-31-21)32-16-19-7-9-20(10-8-19)22(30)27(3)4/h5-11,17-18H,12-16H2,1-4H3. The number of amides is 1. The Morgan fingerprint density at radius 1 is 1.12 bits per heavy atom. The Labute approximate surface area is 193 Å². The third kappa shape index (κ3) is 5.18. The van der Waals surface area contributed by atoms with Gasteiger partial charge in [-0.2, -0.15) is 0 Å². The molecule has 1 amide bonds. The maximum absolute atomic E-state index is 12.1. The van der Waals surface area contributed by atoms with Gasteiger partial charge in [-0.15, -0.1) is 10.2 Å². The quantitative estimate of drug-likeness (QED) is 0.494. The van der Waals surface area contributed by atoms with Crippen molar-refractivity contribution < 1.29 is 9.21 Å². The molecule has 0 spiro atoms. The fourth-order valence-electron chi connectivity index (χ4n) is 4.29. The van der Waals surface area contributed by atoms with Crippen LogP contribution in [0.2, 0.25) is 0 Å². The number of aromatic nitrogens is 3. The number of benzene rings is 1. The molecule has 0 bridgehead atoms. The number of anilines is 1. The summed E-state index contributed by atoms with van der Waals surface area (Å²) in [6.45, 7) is 7.19. The first-order valence-electron chi connectivity index (χ1n) is 11.0. The van der Waals surface area contributed by atoms with Gasteiger partial charge in [0.25, 0.3) is 5.91 Å². The molecule has 1 fully saturated rings. The zero-order chi connectivity index (χ0) is 22.7. The van der Waals surface area contributed by atoms with Gasteiger partial charge in [0.05, 0.1) is 12.8 Å². The van der Waals surface area contributed by atoms with E-state index in [1.54, 1.807) is 37.0 Å². The highest BCUT2D eigenvalue weighted by molar-refractivity contribution is 7.98. The summed E-state index contributed by atoms with van der Waals surface area (Å²) >= 11 is 1.65. The van der Waals surface area contributed by atoms with E-state index >= 15 is 0 Å². The Kier molecular flexibility index (Phi) is 6.89. The first-order chi connectivity index (χ1) is 15.4. The summed E-state index contributed by atoms with van der Waals surface area (Å²) in [6.07, 6.45) is 2.95. The van der Waals surface area contributed by atoms with Crippen LogP contribution in [0.25, 0.3) is 0 Å². The van der Waals surface area contributed by atoms with Crippen LogP contribution in [0.15, 0.2) is 52.2 Å². The molecule has 0 N–H and O–H groups in total. The predicted octanol–water partition coefficient (Wildman–Crippen LogP) is 4.40. The highest BCUT2D eigenvalue weighted by atomic mass is 32.2. The van der Waals surface area contributed by atoms with Crippen LogP contribution in [0.1, 0.15) is 41.9 Å². The molecule has 0 radical (unpaired) electrons. The average Bonchev–Trinajstić information content (AvgIpc) is 3.42. The van der Waals surface area contributed by atoms with Gasteiger partial charge in [0, 0.05) is 38.5 Å². The van der Waals surface area contributed by atoms with Crippen molar-refractivity contribution in [1.82, 2.24) is 19.7 Å². The highest BCUT2D eigenvalue weighted by Crippen LogP contribution is 2.30. The summed E-state index contributed by atoms with van der Waals surface area (Å²) in [5, 5.41) is 9.99. The number of furan rings is 1. The topological polar surface area (TPSA) is 67.4 Å². The summed E-state index contributed by atoms with van der Waals surface area (Å²) in [5.74, 6) is 3.82. The average molecular weight is 454 g/mol. The number of hydrogen-bond acceptors (Lipinski definition) is 6. The van der Waals surface area contributed by atoms with Crippen molar-refractivity contribution in [2.24, 2.45) is 11.8 Å². The molecule has 3 heterocycles. The molecule has 1 aliphatic heterocycles. The van der Waals surface area contributed by atoms with Gasteiger partial charge in [0.1, 0.15) is 5.76 Å². The van der Waals surface area contributed by atoms with E-state index in [9.17, 15) is 4.79 Å². The molecule has 0 saturated carbocycles. The van der Waals surface area contributed by atoms with Crippen molar-refractivity contribution >= 4 is 23.6 Å². The zero-order valence-electron chi connectivity index (χ0n) is 19.2. The van der Waals surface area contributed by atoms with Crippen LogP contribution in [0.5, 0.6) is 0 Å². The summed E-state index contributed by atoms with van der Waals surface area (Å²) in [5.41, 5.74) is 1.83. The van der Waals surface area contributed by atoms with Crippen molar-refractivity contribution in [2.75, 3.05) is 32.1 Å². The molecular formula is C24H31N5O2S. The van der Waals surface area contributed by atoms with Crippen LogP contribution in [0.3, 0.4) is 0 Å². The minimum Gasteiger partial charge on any atom is -0.467 e. The van der Waals surface area contributed by atoms with E-state index in [1.165, 1.54) is 6.42 Å². The molecule has 3 aromatic rings. The Balaban J connectivity index is 1.53. The number of rotatable bonds is 7. The monoisotopic (exact) mass is 453 g/mol. The SMILES string of the molecule is CC1CC(C)CN(c2nnc(SCc3ccc(C(=O)N(C)C)cc3)n2Cc2ccco2)C1. The minimum absolute atomic E-state index is 0.0111. The third-order valence-electron chi connectivity index (χ3n) is 5.72. The lowest BCUT2D eigenvalue weighted by Crippen LogP contribution is -2.40. The van der Waals surface area contributed by atoms with E-state index in [-0.39, 0.29) is 5.91 Å². The second-order valence-electron chi connectivity index (χ2n) is 8.98.